The monoisotopic (exact) mass is 1600 g/mol. The van der Waals surface area contributed by atoms with E-state index < -0.39 is 0 Å². The number of likely N-dealkylation sites (N-methyl/N-ethyl adjacent to an activating group) is 3. The normalized spacial score (nSPS) is 14.5. The van der Waals surface area contributed by atoms with Crippen molar-refractivity contribution < 1.29 is 47.6 Å². The summed E-state index contributed by atoms with van der Waals surface area (Å²) in [5.41, 5.74) is 10.2. The van der Waals surface area contributed by atoms with E-state index in [0.717, 1.165) is 132 Å². The SMILES string of the molecule is C=CC(=O)Nc1cccc(Oc2nc(Nc3ccc(N4CCN(C)CC4)c(F)c3)nc3[nH]cc(CCO)c23)c1.C=CC(=O)Nc1cccc(Oc2nc(Nc3ccc(N4CCN(C)CC4)c(F)c3)nc3[nH]cc(N4CCCC4)c23)c1.C=CC(=O)Nc1cccc(Oc2nc(Nc3ccc(N4CCN(C)CC4)cc3)nc3[nH]cc(CCO)c23)c1. The quantitative estimate of drug-likeness (QED) is 0.0224. The molecule has 4 aliphatic rings. The lowest BCUT2D eigenvalue weighted by Crippen LogP contribution is -2.44. The summed E-state index contributed by atoms with van der Waals surface area (Å²) in [4.78, 5) is 88.2. The van der Waals surface area contributed by atoms with Crippen LogP contribution in [0, 0.1) is 11.6 Å². The second-order valence-corrected chi connectivity index (χ2v) is 28.8. The summed E-state index contributed by atoms with van der Waals surface area (Å²) >= 11 is 0. The fraction of sp³-hybridized carbons (Fsp3) is 0.267. The third-order valence-corrected chi connectivity index (χ3v) is 20.4. The number of aromatic nitrogens is 9. The lowest BCUT2D eigenvalue weighted by molar-refractivity contribution is -0.112. The molecule has 0 bridgehead atoms. The molecule has 0 saturated carbocycles. The highest BCUT2D eigenvalue weighted by atomic mass is 19.1. The Bertz CT molecular complexity index is 5580. The highest BCUT2D eigenvalue weighted by Gasteiger charge is 2.26. The van der Waals surface area contributed by atoms with Gasteiger partial charge in [0.15, 0.2) is 0 Å². The lowest BCUT2D eigenvalue weighted by atomic mass is 10.2. The maximum atomic E-state index is 15.2. The van der Waals surface area contributed by atoms with E-state index in [0.29, 0.717) is 115 Å². The van der Waals surface area contributed by atoms with Gasteiger partial charge in [-0.25, -0.2) is 8.78 Å². The van der Waals surface area contributed by atoms with E-state index in [1.807, 2.05) is 29.3 Å². The minimum atomic E-state index is -0.343. The minimum absolute atomic E-state index is 0.0187. The standard InChI is InChI=1S/C30H33FN8O2.C28H30FN7O3.C28H31N7O3/c1-3-26(40)33-20-7-6-8-22(17-20)41-29-27-25(38-11-4-5-12-38)19-32-28(27)35-30(36-29)34-21-9-10-24(23(31)18-21)39-15-13-37(2)14-16-39;1-3-24(38)31-19-5-4-6-21(15-19)39-27-25-18(9-14-37)17-30-26(25)33-28(34-27)32-20-7-8-23(22(29)16-20)36-12-10-35(2)11-13-36;1-3-24(37)30-21-5-4-6-23(17-21)38-27-25-19(11-16-36)18-29-26(25)32-28(33-27)31-20-7-9-22(10-8-20)35-14-12-34(2)13-15-35/h3,6-10,17-19H,1,4-5,11-16H2,2H3,(H,33,40)(H2,32,34,35,36);3-8,15-17,37H,1,9-14H2,2H3,(H,31,38)(H2,30,32,33,34);3-10,17-18,36H,1,11-16H2,2H3,(H,30,37)(H2,29,31,32,33). The number of aliphatic hydroxyl groups excluding tert-OH is 2. The molecule has 0 atom stereocenters. The van der Waals surface area contributed by atoms with Crippen molar-refractivity contribution >= 4 is 126 Å². The third-order valence-electron chi connectivity index (χ3n) is 20.4. The molecule has 32 heteroatoms. The van der Waals surface area contributed by atoms with Crippen LogP contribution in [0.4, 0.5) is 83.5 Å². The number of aliphatic hydroxyl groups is 2. The Kier molecular flexibility index (Phi) is 26.0. The van der Waals surface area contributed by atoms with Gasteiger partial charge in [-0.2, -0.15) is 29.9 Å². The summed E-state index contributed by atoms with van der Waals surface area (Å²) in [5, 5.41) is 38.8. The zero-order chi connectivity index (χ0) is 82.2. The molecule has 0 unspecified atom stereocenters. The Morgan fingerprint density at radius 2 is 0.754 bits per heavy atom. The van der Waals surface area contributed by atoms with Gasteiger partial charge in [-0.05, 0) is 173 Å². The summed E-state index contributed by atoms with van der Waals surface area (Å²) in [6.45, 7) is 23.0. The van der Waals surface area contributed by atoms with Crippen molar-refractivity contribution in [3.63, 3.8) is 0 Å². The molecule has 610 valence electrons. The van der Waals surface area contributed by atoms with Gasteiger partial charge in [-0.3, -0.25) is 14.4 Å². The smallest absolute Gasteiger partial charge is 0.247 e. The first-order valence-corrected chi connectivity index (χ1v) is 39.0. The van der Waals surface area contributed by atoms with Gasteiger partial charge < -0.3 is 106 Å². The summed E-state index contributed by atoms with van der Waals surface area (Å²) in [7, 11) is 6.28. The van der Waals surface area contributed by atoms with Crippen molar-refractivity contribution in [2.75, 3.05) is 177 Å². The average molecular weight is 1600 g/mol. The lowest BCUT2D eigenvalue weighted by Gasteiger charge is -2.34. The summed E-state index contributed by atoms with van der Waals surface area (Å²) in [6, 6.07) is 39.2. The summed E-state index contributed by atoms with van der Waals surface area (Å²) in [5.74, 6) is 1.59. The number of nitrogens with one attached hydrogen (secondary N) is 9. The highest BCUT2D eigenvalue weighted by molar-refractivity contribution is 6.01. The largest absolute Gasteiger partial charge is 0.438 e. The van der Waals surface area contributed by atoms with E-state index in [-0.39, 0.29) is 60.3 Å². The molecule has 30 nitrogen and oxygen atoms in total. The second kappa shape index (κ2) is 37.8. The fourth-order valence-electron chi connectivity index (χ4n) is 14.2. The maximum Gasteiger partial charge on any atom is 0.247 e. The number of halogens is 2. The molecule has 0 aliphatic carbocycles. The number of carbonyl (C=O) groups is 3. The highest BCUT2D eigenvalue weighted by Crippen LogP contribution is 2.41. The first kappa shape index (κ1) is 81.1. The number of rotatable bonds is 26. The van der Waals surface area contributed by atoms with Crippen molar-refractivity contribution in [3.05, 3.63) is 213 Å². The number of benzene rings is 6. The minimum Gasteiger partial charge on any atom is -0.438 e. The van der Waals surface area contributed by atoms with Gasteiger partial charge in [-0.1, -0.05) is 37.9 Å². The molecule has 3 amide bonds. The third kappa shape index (κ3) is 20.2. The van der Waals surface area contributed by atoms with Crippen LogP contribution in [0.3, 0.4) is 0 Å². The van der Waals surface area contributed by atoms with E-state index in [9.17, 15) is 24.6 Å². The molecular formula is C86H94F2N22O8. The van der Waals surface area contributed by atoms with Gasteiger partial charge in [0.25, 0.3) is 0 Å². The van der Waals surface area contributed by atoms with Crippen molar-refractivity contribution in [1.29, 1.82) is 0 Å². The maximum absolute atomic E-state index is 15.2. The number of hydrogen-bond acceptors (Lipinski definition) is 24. The zero-order valence-corrected chi connectivity index (χ0v) is 65.8. The molecule has 118 heavy (non-hydrogen) atoms. The number of hydrogen-bond donors (Lipinski definition) is 11. The van der Waals surface area contributed by atoms with Crippen LogP contribution >= 0.6 is 0 Å². The summed E-state index contributed by atoms with van der Waals surface area (Å²) in [6.07, 6.45) is 12.1. The van der Waals surface area contributed by atoms with E-state index in [1.54, 1.807) is 103 Å². The van der Waals surface area contributed by atoms with E-state index in [1.165, 1.54) is 36.0 Å². The molecule has 4 saturated heterocycles. The van der Waals surface area contributed by atoms with Gasteiger partial charge in [0.1, 0.15) is 51.2 Å². The van der Waals surface area contributed by atoms with Crippen LogP contribution in [0.5, 0.6) is 34.9 Å². The first-order valence-electron chi connectivity index (χ1n) is 39.0. The number of amides is 3. The number of piperazine rings is 3. The molecule has 6 aromatic carbocycles. The fourth-order valence-corrected chi connectivity index (χ4v) is 14.2. The average Bonchev–Trinajstić information content (AvgIpc) is 1.61. The molecule has 0 spiro atoms. The Labute approximate surface area is 680 Å². The number of nitrogens with zero attached hydrogens (tertiary/aromatic N) is 13. The van der Waals surface area contributed by atoms with Crippen molar-refractivity contribution in [1.82, 2.24) is 59.6 Å². The number of fused-ring (bicyclic) bond motifs is 3. The number of aromatic amines is 3. The van der Waals surface area contributed by atoms with Crippen molar-refractivity contribution in [2.45, 2.75) is 25.7 Å². The van der Waals surface area contributed by atoms with Crippen LogP contribution in [-0.4, -0.2) is 213 Å². The van der Waals surface area contributed by atoms with Gasteiger partial charge >= 0.3 is 0 Å². The Morgan fingerprint density at radius 3 is 1.14 bits per heavy atom. The van der Waals surface area contributed by atoms with Gasteiger partial charge in [0.2, 0.25) is 53.2 Å². The number of anilines is 13. The first-order chi connectivity index (χ1) is 57.4. The Balaban J connectivity index is 0.000000146. The van der Waals surface area contributed by atoms with E-state index in [2.05, 4.69) is 149 Å². The number of ether oxygens (including phenoxy) is 3. The van der Waals surface area contributed by atoms with E-state index >= 15 is 8.78 Å². The predicted molar refractivity (Wildman–Crippen MR) is 459 cm³/mol. The predicted octanol–water partition coefficient (Wildman–Crippen LogP) is 13.1. The molecule has 4 fully saturated rings. The number of H-pyrrole nitrogens is 3. The van der Waals surface area contributed by atoms with Gasteiger partial charge in [0, 0.05) is 181 Å². The van der Waals surface area contributed by atoms with Crippen molar-refractivity contribution in [2.24, 2.45) is 0 Å². The molecule has 11 N–H and O–H groups in total. The van der Waals surface area contributed by atoms with Crippen LogP contribution in [0.1, 0.15) is 24.0 Å². The Morgan fingerprint density at radius 1 is 0.407 bits per heavy atom. The molecular weight excluding hydrogens is 1510 g/mol. The summed E-state index contributed by atoms with van der Waals surface area (Å²) < 4.78 is 48.9. The second-order valence-electron chi connectivity index (χ2n) is 28.8. The van der Waals surface area contributed by atoms with E-state index in [4.69, 9.17) is 24.2 Å². The van der Waals surface area contributed by atoms with Crippen LogP contribution in [0.15, 0.2) is 190 Å². The topological polar surface area (TPSA) is 339 Å². The zero-order valence-electron chi connectivity index (χ0n) is 65.8. The molecule has 4 aliphatic heterocycles. The van der Waals surface area contributed by atoms with Crippen LogP contribution in [0.25, 0.3) is 33.1 Å². The molecule has 16 rings (SSSR count). The van der Waals surface area contributed by atoms with Crippen LogP contribution in [0.2, 0.25) is 0 Å². The Hall–Kier alpha value is -13.5. The molecule has 10 heterocycles. The van der Waals surface area contributed by atoms with Gasteiger partial charge in [-0.15, -0.1) is 0 Å². The molecule has 0 radical (unpaired) electrons. The molecule has 6 aromatic heterocycles. The van der Waals surface area contributed by atoms with Crippen LogP contribution < -0.4 is 65.7 Å². The van der Waals surface area contributed by atoms with Gasteiger partial charge in [0.05, 0.1) is 27.8 Å². The number of carbonyl (C=O) groups excluding carboxylic acids is 3. The van der Waals surface area contributed by atoms with Crippen LogP contribution in [-0.2, 0) is 27.2 Å². The molecule has 12 aromatic rings. The van der Waals surface area contributed by atoms with Crippen molar-refractivity contribution in [3.8, 4) is 34.9 Å².